The molecule has 0 aliphatic carbocycles. The van der Waals surface area contributed by atoms with Gasteiger partial charge in [-0.25, -0.2) is 13.1 Å². The zero-order chi connectivity index (χ0) is 15.3. The molecular formula is C13H24N2O4S. The van der Waals surface area contributed by atoms with Gasteiger partial charge in [0.15, 0.2) is 0 Å². The number of aryl methyl sites for hydroxylation is 1. The van der Waals surface area contributed by atoms with Gasteiger partial charge in [-0.2, -0.15) is 0 Å². The number of rotatable bonds is 8. The number of furan rings is 1. The van der Waals surface area contributed by atoms with E-state index < -0.39 is 10.0 Å². The lowest BCUT2D eigenvalue weighted by Crippen LogP contribution is -2.37. The zero-order valence-corrected chi connectivity index (χ0v) is 13.3. The van der Waals surface area contributed by atoms with Gasteiger partial charge in [-0.1, -0.05) is 6.92 Å². The Hall–Kier alpha value is -0.890. The molecule has 0 spiro atoms. The monoisotopic (exact) mass is 304 g/mol. The van der Waals surface area contributed by atoms with Crippen LogP contribution < -0.4 is 4.72 Å². The summed E-state index contributed by atoms with van der Waals surface area (Å²) in [7, 11) is -1.62. The molecule has 0 aromatic carbocycles. The Morgan fingerprint density at radius 3 is 2.65 bits per heavy atom. The van der Waals surface area contributed by atoms with Crippen LogP contribution in [0.15, 0.2) is 15.4 Å². The fourth-order valence-electron chi connectivity index (χ4n) is 1.84. The quantitative estimate of drug-likeness (QED) is 0.751. The molecule has 0 fully saturated rings. The van der Waals surface area contributed by atoms with Crippen molar-refractivity contribution in [2.75, 3.05) is 20.1 Å². The van der Waals surface area contributed by atoms with Crippen molar-refractivity contribution in [3.05, 3.63) is 17.6 Å². The molecule has 2 N–H and O–H groups in total. The highest BCUT2D eigenvalue weighted by atomic mass is 32.2. The van der Waals surface area contributed by atoms with E-state index in [0.29, 0.717) is 19.1 Å². The van der Waals surface area contributed by atoms with E-state index in [1.165, 1.54) is 6.07 Å². The number of aliphatic hydroxyl groups excluding tert-OH is 1. The van der Waals surface area contributed by atoms with Crippen molar-refractivity contribution in [2.45, 2.75) is 44.7 Å². The summed E-state index contributed by atoms with van der Waals surface area (Å²) in [5.41, 5.74) is 0. The number of aliphatic hydroxyl groups is 1. The third-order valence-electron chi connectivity index (χ3n) is 3.47. The molecule has 7 heteroatoms. The van der Waals surface area contributed by atoms with Gasteiger partial charge >= 0.3 is 0 Å². The summed E-state index contributed by atoms with van der Waals surface area (Å²) in [6.45, 7) is 6.42. The molecule has 0 saturated heterocycles. The first-order chi connectivity index (χ1) is 9.31. The summed E-state index contributed by atoms with van der Waals surface area (Å²) in [5, 5.41) is 8.96. The molecule has 1 aromatic rings. The number of likely N-dealkylation sites (N-methyl/N-ethyl adjacent to an activating group) is 1. The highest BCUT2D eigenvalue weighted by Gasteiger charge is 2.21. The SMILES string of the molecule is CCC(C)N(C)CCNS(=O)(=O)c1cc(CO)oc1C. The van der Waals surface area contributed by atoms with Crippen LogP contribution in [-0.2, 0) is 16.6 Å². The van der Waals surface area contributed by atoms with Gasteiger partial charge in [-0.05, 0) is 27.3 Å². The van der Waals surface area contributed by atoms with Crippen molar-refractivity contribution in [3.8, 4) is 0 Å². The Morgan fingerprint density at radius 1 is 1.50 bits per heavy atom. The molecule has 1 rings (SSSR count). The van der Waals surface area contributed by atoms with Gasteiger partial charge in [-0.15, -0.1) is 0 Å². The van der Waals surface area contributed by atoms with Crippen molar-refractivity contribution < 1.29 is 17.9 Å². The zero-order valence-electron chi connectivity index (χ0n) is 12.5. The fraction of sp³-hybridized carbons (Fsp3) is 0.692. The lowest BCUT2D eigenvalue weighted by Gasteiger charge is -2.23. The number of hydrogen-bond acceptors (Lipinski definition) is 5. The highest BCUT2D eigenvalue weighted by molar-refractivity contribution is 7.89. The average Bonchev–Trinajstić information content (AvgIpc) is 2.79. The summed E-state index contributed by atoms with van der Waals surface area (Å²) in [4.78, 5) is 2.19. The van der Waals surface area contributed by atoms with Gasteiger partial charge in [0.1, 0.15) is 23.0 Å². The van der Waals surface area contributed by atoms with Crippen LogP contribution in [0.2, 0.25) is 0 Å². The van der Waals surface area contributed by atoms with Gasteiger partial charge in [0.05, 0.1) is 0 Å². The second-order valence-electron chi connectivity index (χ2n) is 4.93. The van der Waals surface area contributed by atoms with Crippen molar-refractivity contribution in [3.63, 3.8) is 0 Å². The molecule has 0 aliphatic rings. The minimum Gasteiger partial charge on any atom is -0.462 e. The van der Waals surface area contributed by atoms with Crippen LogP contribution in [0.4, 0.5) is 0 Å². The van der Waals surface area contributed by atoms with E-state index in [4.69, 9.17) is 9.52 Å². The largest absolute Gasteiger partial charge is 0.462 e. The fourth-order valence-corrected chi connectivity index (χ4v) is 3.06. The van der Waals surface area contributed by atoms with Crippen LogP contribution in [0.1, 0.15) is 31.8 Å². The minimum atomic E-state index is -3.59. The summed E-state index contributed by atoms with van der Waals surface area (Å²) in [6, 6.07) is 1.77. The summed E-state index contributed by atoms with van der Waals surface area (Å²) in [5.74, 6) is 0.538. The molecule has 0 amide bonds. The van der Waals surface area contributed by atoms with Gasteiger partial charge in [0, 0.05) is 25.2 Å². The molecule has 20 heavy (non-hydrogen) atoms. The van der Waals surface area contributed by atoms with Gasteiger partial charge in [0.25, 0.3) is 0 Å². The molecular weight excluding hydrogens is 280 g/mol. The van der Waals surface area contributed by atoms with Gasteiger partial charge < -0.3 is 14.4 Å². The number of nitrogens with one attached hydrogen (secondary N) is 1. The third-order valence-corrected chi connectivity index (χ3v) is 5.04. The summed E-state index contributed by atoms with van der Waals surface area (Å²) in [6.07, 6.45) is 1.02. The van der Waals surface area contributed by atoms with Gasteiger partial charge in [0.2, 0.25) is 10.0 Å². The average molecular weight is 304 g/mol. The van der Waals surface area contributed by atoms with Crippen LogP contribution in [0, 0.1) is 6.92 Å². The predicted octanol–water partition coefficient (Wildman–Crippen LogP) is 1.09. The lowest BCUT2D eigenvalue weighted by atomic mass is 10.2. The maximum atomic E-state index is 12.1. The molecule has 1 atom stereocenters. The number of nitrogens with zero attached hydrogens (tertiary/aromatic N) is 1. The van der Waals surface area contributed by atoms with Crippen LogP contribution in [-0.4, -0.2) is 44.6 Å². The first-order valence-corrected chi connectivity index (χ1v) is 8.20. The predicted molar refractivity (Wildman–Crippen MR) is 76.9 cm³/mol. The van der Waals surface area contributed by atoms with Crippen molar-refractivity contribution in [1.82, 2.24) is 9.62 Å². The minimum absolute atomic E-state index is 0.0905. The molecule has 1 unspecified atom stereocenters. The second kappa shape index (κ2) is 7.21. The van der Waals surface area contributed by atoms with Crippen LogP contribution in [0.25, 0.3) is 0 Å². The number of hydrogen-bond donors (Lipinski definition) is 2. The molecule has 1 aromatic heterocycles. The molecule has 0 radical (unpaired) electrons. The van der Waals surface area contributed by atoms with Crippen molar-refractivity contribution >= 4 is 10.0 Å². The highest BCUT2D eigenvalue weighted by Crippen LogP contribution is 2.19. The Kier molecular flexibility index (Phi) is 6.19. The second-order valence-corrected chi connectivity index (χ2v) is 6.66. The Labute approximate surface area is 120 Å². The third kappa shape index (κ3) is 4.31. The van der Waals surface area contributed by atoms with E-state index in [-0.39, 0.29) is 23.0 Å². The van der Waals surface area contributed by atoms with E-state index in [2.05, 4.69) is 23.5 Å². The molecule has 6 nitrogen and oxygen atoms in total. The van der Waals surface area contributed by atoms with Crippen molar-refractivity contribution in [1.29, 1.82) is 0 Å². The van der Waals surface area contributed by atoms with Crippen molar-refractivity contribution in [2.24, 2.45) is 0 Å². The molecule has 116 valence electrons. The van der Waals surface area contributed by atoms with Crippen LogP contribution in [0.3, 0.4) is 0 Å². The van der Waals surface area contributed by atoms with E-state index in [1.54, 1.807) is 6.92 Å². The Morgan fingerprint density at radius 2 is 2.15 bits per heavy atom. The first-order valence-electron chi connectivity index (χ1n) is 6.71. The first kappa shape index (κ1) is 17.2. The molecule has 1 heterocycles. The number of sulfonamides is 1. The van der Waals surface area contributed by atoms with E-state index in [9.17, 15) is 8.42 Å². The smallest absolute Gasteiger partial charge is 0.244 e. The Balaban J connectivity index is 2.64. The molecule has 0 bridgehead atoms. The standard InChI is InChI=1S/C13H24N2O4S/c1-5-10(2)15(4)7-6-14-20(17,18)13-8-12(9-16)19-11(13)3/h8,10,14,16H,5-7,9H2,1-4H3. The molecule has 0 aliphatic heterocycles. The van der Waals surface area contributed by atoms with E-state index in [0.717, 1.165) is 6.42 Å². The van der Waals surface area contributed by atoms with E-state index in [1.807, 2.05) is 7.05 Å². The maximum Gasteiger partial charge on any atom is 0.244 e. The maximum absolute atomic E-state index is 12.1. The summed E-state index contributed by atoms with van der Waals surface area (Å²) >= 11 is 0. The van der Waals surface area contributed by atoms with Gasteiger partial charge in [-0.3, -0.25) is 0 Å². The van der Waals surface area contributed by atoms with Crippen LogP contribution in [0.5, 0.6) is 0 Å². The summed E-state index contributed by atoms with van der Waals surface area (Å²) < 4.78 is 32.0. The Bertz CT molecular complexity index is 524. The normalized spacial score (nSPS) is 13.9. The van der Waals surface area contributed by atoms with Crippen LogP contribution >= 0.6 is 0 Å². The molecule has 0 saturated carbocycles. The van der Waals surface area contributed by atoms with E-state index >= 15 is 0 Å². The topological polar surface area (TPSA) is 82.8 Å². The lowest BCUT2D eigenvalue weighted by molar-refractivity contribution is 0.244.